The molecule has 31 heavy (non-hydrogen) atoms. The summed E-state index contributed by atoms with van der Waals surface area (Å²) in [6.07, 6.45) is 8.79. The summed E-state index contributed by atoms with van der Waals surface area (Å²) in [5.41, 5.74) is 7.10. The van der Waals surface area contributed by atoms with Gasteiger partial charge in [0.15, 0.2) is 11.5 Å². The standard InChI is InChI=1S/C26H26N4O/c1-2-14-31-20-10-7-9-18(15-20)24-28-25-22-23(27-17-30(25)29-24)21-11-4-3-8-19(21)16-26(22)12-5-6-13-26/h3-4,7-11,15,17H,2,5-6,12-14,16H2,1H3. The maximum absolute atomic E-state index is 5.82. The summed E-state index contributed by atoms with van der Waals surface area (Å²) in [4.78, 5) is 9.97. The van der Waals surface area contributed by atoms with Gasteiger partial charge in [-0.2, -0.15) is 0 Å². The lowest BCUT2D eigenvalue weighted by atomic mass is 9.68. The van der Waals surface area contributed by atoms with E-state index in [-0.39, 0.29) is 5.41 Å². The molecule has 0 N–H and O–H groups in total. The highest BCUT2D eigenvalue weighted by atomic mass is 16.5. The highest BCUT2D eigenvalue weighted by Crippen LogP contribution is 2.52. The summed E-state index contributed by atoms with van der Waals surface area (Å²) in [7, 11) is 0. The van der Waals surface area contributed by atoms with Crippen molar-refractivity contribution >= 4 is 5.65 Å². The zero-order chi connectivity index (χ0) is 20.8. The van der Waals surface area contributed by atoms with E-state index in [1.165, 1.54) is 42.4 Å². The van der Waals surface area contributed by atoms with Gasteiger partial charge in [-0.3, -0.25) is 0 Å². The summed E-state index contributed by atoms with van der Waals surface area (Å²) in [6, 6.07) is 16.8. The van der Waals surface area contributed by atoms with Crippen LogP contribution in [0.4, 0.5) is 0 Å². The fourth-order valence-electron chi connectivity index (χ4n) is 5.45. The smallest absolute Gasteiger partial charge is 0.182 e. The van der Waals surface area contributed by atoms with Crippen LogP contribution in [0.25, 0.3) is 28.3 Å². The van der Waals surface area contributed by atoms with E-state index in [1.54, 1.807) is 0 Å². The normalized spacial score (nSPS) is 16.4. The van der Waals surface area contributed by atoms with Crippen LogP contribution in [0.1, 0.15) is 50.2 Å². The molecular formula is C26H26N4O. The number of ether oxygens (including phenoxy) is 1. The summed E-state index contributed by atoms with van der Waals surface area (Å²) in [5.74, 6) is 1.59. The molecule has 0 aliphatic heterocycles. The molecule has 2 aromatic carbocycles. The minimum atomic E-state index is 0.121. The van der Waals surface area contributed by atoms with E-state index in [1.807, 2.05) is 35.1 Å². The van der Waals surface area contributed by atoms with Crippen molar-refractivity contribution < 1.29 is 4.74 Å². The number of benzene rings is 2. The van der Waals surface area contributed by atoms with Gasteiger partial charge in [0.25, 0.3) is 0 Å². The molecule has 0 bridgehead atoms. The number of hydrogen-bond acceptors (Lipinski definition) is 4. The number of rotatable bonds is 4. The van der Waals surface area contributed by atoms with Gasteiger partial charge in [0.2, 0.25) is 0 Å². The van der Waals surface area contributed by atoms with Crippen LogP contribution in [0.3, 0.4) is 0 Å². The molecule has 1 saturated carbocycles. The molecule has 2 aliphatic carbocycles. The molecule has 2 heterocycles. The predicted octanol–water partition coefficient (Wildman–Crippen LogP) is 5.62. The molecule has 1 spiro atoms. The molecule has 0 saturated heterocycles. The highest BCUT2D eigenvalue weighted by Gasteiger charge is 2.43. The Labute approximate surface area is 182 Å². The predicted molar refractivity (Wildman–Crippen MR) is 121 cm³/mol. The quantitative estimate of drug-likeness (QED) is 0.438. The van der Waals surface area contributed by atoms with Gasteiger partial charge in [0.1, 0.15) is 12.1 Å². The lowest BCUT2D eigenvalue weighted by Gasteiger charge is -2.36. The van der Waals surface area contributed by atoms with Crippen molar-refractivity contribution in [2.45, 2.75) is 50.9 Å². The highest BCUT2D eigenvalue weighted by molar-refractivity contribution is 5.78. The first kappa shape index (κ1) is 18.6. The van der Waals surface area contributed by atoms with Crippen molar-refractivity contribution in [2.24, 2.45) is 0 Å². The number of fused-ring (bicyclic) bond motifs is 6. The molecule has 0 amide bonds. The van der Waals surface area contributed by atoms with Crippen molar-refractivity contribution in [2.75, 3.05) is 6.61 Å². The second-order valence-electron chi connectivity index (χ2n) is 8.87. The Balaban J connectivity index is 1.53. The van der Waals surface area contributed by atoms with Crippen molar-refractivity contribution in [3.05, 3.63) is 66.0 Å². The average Bonchev–Trinajstić information content (AvgIpc) is 3.45. The molecule has 5 nitrogen and oxygen atoms in total. The van der Waals surface area contributed by atoms with E-state index in [0.717, 1.165) is 41.3 Å². The van der Waals surface area contributed by atoms with Gasteiger partial charge in [-0.1, -0.05) is 56.2 Å². The molecule has 1 fully saturated rings. The average molecular weight is 411 g/mol. The largest absolute Gasteiger partial charge is 0.494 e. The molecule has 2 aromatic heterocycles. The van der Waals surface area contributed by atoms with E-state index in [9.17, 15) is 0 Å². The third kappa shape index (κ3) is 2.94. The summed E-state index contributed by atoms with van der Waals surface area (Å²) in [6.45, 7) is 2.82. The van der Waals surface area contributed by atoms with Gasteiger partial charge in [-0.05, 0) is 43.4 Å². The lowest BCUT2D eigenvalue weighted by Crippen LogP contribution is -2.31. The maximum Gasteiger partial charge on any atom is 0.182 e. The fourth-order valence-corrected chi connectivity index (χ4v) is 5.45. The molecule has 0 unspecified atom stereocenters. The van der Waals surface area contributed by atoms with Crippen LogP contribution < -0.4 is 4.74 Å². The molecule has 0 atom stereocenters. The van der Waals surface area contributed by atoms with Crippen LogP contribution in [0.2, 0.25) is 0 Å². The molecule has 5 heteroatoms. The summed E-state index contributed by atoms with van der Waals surface area (Å²) < 4.78 is 7.70. The van der Waals surface area contributed by atoms with E-state index < -0.39 is 0 Å². The Morgan fingerprint density at radius 2 is 1.94 bits per heavy atom. The zero-order valence-corrected chi connectivity index (χ0v) is 17.8. The number of aromatic nitrogens is 4. The maximum atomic E-state index is 5.82. The van der Waals surface area contributed by atoms with Crippen LogP contribution in [-0.2, 0) is 11.8 Å². The number of nitrogens with zero attached hydrogens (tertiary/aromatic N) is 4. The van der Waals surface area contributed by atoms with Crippen molar-refractivity contribution in [1.82, 2.24) is 19.6 Å². The Morgan fingerprint density at radius 1 is 1.06 bits per heavy atom. The van der Waals surface area contributed by atoms with Gasteiger partial charge in [0, 0.05) is 22.1 Å². The van der Waals surface area contributed by atoms with Crippen molar-refractivity contribution in [1.29, 1.82) is 0 Å². The van der Waals surface area contributed by atoms with Crippen LogP contribution >= 0.6 is 0 Å². The first-order chi connectivity index (χ1) is 15.3. The van der Waals surface area contributed by atoms with E-state index in [2.05, 4.69) is 31.2 Å². The zero-order valence-electron chi connectivity index (χ0n) is 17.8. The Kier molecular flexibility index (Phi) is 4.30. The van der Waals surface area contributed by atoms with Gasteiger partial charge in [-0.25, -0.2) is 14.5 Å². The van der Waals surface area contributed by atoms with E-state index in [0.29, 0.717) is 6.61 Å². The van der Waals surface area contributed by atoms with E-state index in [4.69, 9.17) is 19.8 Å². The third-order valence-electron chi connectivity index (χ3n) is 6.85. The van der Waals surface area contributed by atoms with Gasteiger partial charge in [-0.15, -0.1) is 5.10 Å². The van der Waals surface area contributed by atoms with Crippen LogP contribution in [0, 0.1) is 0 Å². The van der Waals surface area contributed by atoms with E-state index >= 15 is 0 Å². The van der Waals surface area contributed by atoms with Gasteiger partial charge in [0.05, 0.1) is 12.3 Å². The van der Waals surface area contributed by atoms with Crippen molar-refractivity contribution in [3.8, 4) is 28.4 Å². The second-order valence-corrected chi connectivity index (χ2v) is 8.87. The Morgan fingerprint density at radius 3 is 2.81 bits per heavy atom. The number of hydrogen-bond donors (Lipinski definition) is 0. The van der Waals surface area contributed by atoms with Crippen LogP contribution in [0.5, 0.6) is 5.75 Å². The molecule has 0 radical (unpaired) electrons. The van der Waals surface area contributed by atoms with Crippen LogP contribution in [0.15, 0.2) is 54.9 Å². The molecule has 156 valence electrons. The van der Waals surface area contributed by atoms with Gasteiger partial charge >= 0.3 is 0 Å². The Bertz CT molecular complexity index is 1270. The first-order valence-electron chi connectivity index (χ1n) is 11.3. The first-order valence-corrected chi connectivity index (χ1v) is 11.3. The van der Waals surface area contributed by atoms with Crippen LogP contribution in [-0.4, -0.2) is 26.2 Å². The molecular weight excluding hydrogens is 384 g/mol. The Hall–Kier alpha value is -3.21. The summed E-state index contributed by atoms with van der Waals surface area (Å²) in [5, 5.41) is 4.81. The topological polar surface area (TPSA) is 52.3 Å². The SMILES string of the molecule is CCCOc1cccc(-c2nc3c4c(ncn3n2)-c2ccccc2CC42CCCC2)c1. The monoisotopic (exact) mass is 410 g/mol. The minimum Gasteiger partial charge on any atom is -0.494 e. The lowest BCUT2D eigenvalue weighted by molar-refractivity contribution is 0.317. The molecule has 2 aliphatic rings. The molecule has 4 aromatic rings. The molecule has 6 rings (SSSR count). The second kappa shape index (κ2) is 7.19. The minimum absolute atomic E-state index is 0.121. The van der Waals surface area contributed by atoms with Gasteiger partial charge < -0.3 is 4.74 Å². The summed E-state index contributed by atoms with van der Waals surface area (Å²) >= 11 is 0. The third-order valence-corrected chi connectivity index (χ3v) is 6.85. The van der Waals surface area contributed by atoms with Crippen molar-refractivity contribution in [3.63, 3.8) is 0 Å². The fraction of sp³-hybridized carbons (Fsp3) is 0.346.